The number of piperidine rings is 1. The van der Waals surface area contributed by atoms with Gasteiger partial charge in [0.25, 0.3) is 5.91 Å². The van der Waals surface area contributed by atoms with Crippen LogP contribution in [0.4, 0.5) is 4.39 Å². The molecule has 0 bridgehead atoms. The number of hydrogen-bond donors (Lipinski definition) is 0. The van der Waals surface area contributed by atoms with E-state index in [1.54, 1.807) is 4.90 Å². The van der Waals surface area contributed by atoms with E-state index in [2.05, 4.69) is 0 Å². The normalized spacial score (nSPS) is 18.3. The van der Waals surface area contributed by atoms with Crippen molar-refractivity contribution in [3.8, 4) is 0 Å². The lowest BCUT2D eigenvalue weighted by atomic mass is 9.94. The SMILES string of the molecule is CCCC(=O)N1CCC(C(=O)N2CCN(C(=O)c3ccc(F)cc3)CC2)CC1. The van der Waals surface area contributed by atoms with Crippen LogP contribution >= 0.6 is 0 Å². The molecule has 0 radical (unpaired) electrons. The molecule has 0 spiro atoms. The number of piperazine rings is 1. The summed E-state index contributed by atoms with van der Waals surface area (Å²) in [5.41, 5.74) is 0.463. The molecule has 2 aliphatic rings. The van der Waals surface area contributed by atoms with Crippen LogP contribution in [-0.4, -0.2) is 71.7 Å². The highest BCUT2D eigenvalue weighted by molar-refractivity contribution is 5.94. The molecular formula is C21H28FN3O3. The van der Waals surface area contributed by atoms with E-state index in [0.717, 1.165) is 6.42 Å². The number of benzene rings is 1. The van der Waals surface area contributed by atoms with Crippen LogP contribution < -0.4 is 0 Å². The molecule has 0 aliphatic carbocycles. The van der Waals surface area contributed by atoms with E-state index in [-0.39, 0.29) is 29.5 Å². The van der Waals surface area contributed by atoms with Crippen LogP contribution in [0.3, 0.4) is 0 Å². The number of nitrogens with zero attached hydrogens (tertiary/aromatic N) is 3. The number of likely N-dealkylation sites (tertiary alicyclic amines) is 1. The lowest BCUT2D eigenvalue weighted by molar-refractivity contribution is -0.141. The first-order valence-corrected chi connectivity index (χ1v) is 10.1. The number of carbonyl (C=O) groups excluding carboxylic acids is 3. The number of halogens is 1. The molecule has 0 saturated carbocycles. The molecule has 2 saturated heterocycles. The molecule has 2 heterocycles. The van der Waals surface area contributed by atoms with Crippen molar-refractivity contribution in [3.05, 3.63) is 35.6 Å². The molecule has 0 unspecified atom stereocenters. The standard InChI is InChI=1S/C21H28FN3O3/c1-2-3-19(26)23-10-8-17(9-11-23)21(28)25-14-12-24(13-15-25)20(27)16-4-6-18(22)7-5-16/h4-7,17H,2-3,8-15H2,1H3. The highest BCUT2D eigenvalue weighted by Gasteiger charge is 2.32. The first kappa shape index (κ1) is 20.3. The topological polar surface area (TPSA) is 60.9 Å². The van der Waals surface area contributed by atoms with Crippen LogP contribution in [0.2, 0.25) is 0 Å². The molecule has 6 nitrogen and oxygen atoms in total. The summed E-state index contributed by atoms with van der Waals surface area (Å²) in [5, 5.41) is 0. The maximum absolute atomic E-state index is 13.0. The maximum Gasteiger partial charge on any atom is 0.253 e. The molecular weight excluding hydrogens is 361 g/mol. The zero-order chi connectivity index (χ0) is 20.1. The summed E-state index contributed by atoms with van der Waals surface area (Å²) in [7, 11) is 0. The lowest BCUT2D eigenvalue weighted by Gasteiger charge is -2.38. The summed E-state index contributed by atoms with van der Waals surface area (Å²) in [6.45, 7) is 5.29. The van der Waals surface area contributed by atoms with Gasteiger partial charge in [-0.2, -0.15) is 0 Å². The fourth-order valence-electron chi connectivity index (χ4n) is 3.91. The van der Waals surface area contributed by atoms with Gasteiger partial charge in [-0.15, -0.1) is 0 Å². The summed E-state index contributed by atoms with van der Waals surface area (Å²) < 4.78 is 13.0. The van der Waals surface area contributed by atoms with Crippen molar-refractivity contribution in [3.63, 3.8) is 0 Å². The maximum atomic E-state index is 13.0. The fraction of sp³-hybridized carbons (Fsp3) is 0.571. The largest absolute Gasteiger partial charge is 0.343 e. The van der Waals surface area contributed by atoms with Crippen LogP contribution in [0.1, 0.15) is 43.0 Å². The second kappa shape index (κ2) is 9.17. The lowest BCUT2D eigenvalue weighted by Crippen LogP contribution is -2.53. The van der Waals surface area contributed by atoms with E-state index in [9.17, 15) is 18.8 Å². The molecule has 0 aromatic heterocycles. The third-order valence-electron chi connectivity index (χ3n) is 5.63. The average molecular weight is 389 g/mol. The third kappa shape index (κ3) is 4.69. The average Bonchev–Trinajstić information content (AvgIpc) is 2.74. The van der Waals surface area contributed by atoms with Crippen molar-refractivity contribution >= 4 is 17.7 Å². The van der Waals surface area contributed by atoms with Gasteiger partial charge in [-0.05, 0) is 43.5 Å². The Labute approximate surface area is 165 Å². The van der Waals surface area contributed by atoms with E-state index in [1.807, 2.05) is 16.7 Å². The van der Waals surface area contributed by atoms with Gasteiger partial charge in [0.1, 0.15) is 5.82 Å². The second-order valence-electron chi connectivity index (χ2n) is 7.53. The van der Waals surface area contributed by atoms with Gasteiger partial charge >= 0.3 is 0 Å². The van der Waals surface area contributed by atoms with Crippen LogP contribution in [-0.2, 0) is 9.59 Å². The van der Waals surface area contributed by atoms with E-state index >= 15 is 0 Å². The minimum absolute atomic E-state index is 0.0370. The Morgan fingerprint density at radius 2 is 1.46 bits per heavy atom. The van der Waals surface area contributed by atoms with Crippen molar-refractivity contribution in [2.45, 2.75) is 32.6 Å². The Balaban J connectivity index is 1.47. The Kier molecular flexibility index (Phi) is 6.65. The number of hydrogen-bond acceptors (Lipinski definition) is 3. The van der Waals surface area contributed by atoms with Crippen molar-refractivity contribution in [1.29, 1.82) is 0 Å². The highest BCUT2D eigenvalue weighted by atomic mass is 19.1. The van der Waals surface area contributed by atoms with Crippen LogP contribution in [0.5, 0.6) is 0 Å². The van der Waals surface area contributed by atoms with Gasteiger partial charge in [0.05, 0.1) is 0 Å². The molecule has 3 amide bonds. The highest BCUT2D eigenvalue weighted by Crippen LogP contribution is 2.21. The minimum Gasteiger partial charge on any atom is -0.343 e. The fourth-order valence-corrected chi connectivity index (χ4v) is 3.91. The van der Waals surface area contributed by atoms with E-state index in [1.165, 1.54) is 24.3 Å². The van der Waals surface area contributed by atoms with Crippen LogP contribution in [0, 0.1) is 11.7 Å². The van der Waals surface area contributed by atoms with Gasteiger partial charge in [-0.1, -0.05) is 6.92 Å². The molecule has 2 aliphatic heterocycles. The van der Waals surface area contributed by atoms with Crippen molar-refractivity contribution in [2.75, 3.05) is 39.3 Å². The van der Waals surface area contributed by atoms with Crippen molar-refractivity contribution < 1.29 is 18.8 Å². The van der Waals surface area contributed by atoms with Gasteiger partial charge in [0.2, 0.25) is 11.8 Å². The Morgan fingerprint density at radius 1 is 0.893 bits per heavy atom. The first-order valence-electron chi connectivity index (χ1n) is 10.1. The molecule has 28 heavy (non-hydrogen) atoms. The Morgan fingerprint density at radius 3 is 2.04 bits per heavy atom. The van der Waals surface area contributed by atoms with E-state index in [0.29, 0.717) is 64.1 Å². The molecule has 0 N–H and O–H groups in total. The summed E-state index contributed by atoms with van der Waals surface area (Å²) in [6, 6.07) is 5.54. The summed E-state index contributed by atoms with van der Waals surface area (Å²) in [4.78, 5) is 42.7. The predicted molar refractivity (Wildman–Crippen MR) is 103 cm³/mol. The Bertz CT molecular complexity index is 706. The Hall–Kier alpha value is -2.44. The van der Waals surface area contributed by atoms with Crippen LogP contribution in [0.15, 0.2) is 24.3 Å². The zero-order valence-corrected chi connectivity index (χ0v) is 16.4. The summed E-state index contributed by atoms with van der Waals surface area (Å²) in [6.07, 6.45) is 2.84. The smallest absolute Gasteiger partial charge is 0.253 e. The molecule has 1 aromatic rings. The van der Waals surface area contributed by atoms with Crippen molar-refractivity contribution in [1.82, 2.24) is 14.7 Å². The zero-order valence-electron chi connectivity index (χ0n) is 16.4. The van der Waals surface area contributed by atoms with Gasteiger partial charge < -0.3 is 14.7 Å². The van der Waals surface area contributed by atoms with E-state index in [4.69, 9.17) is 0 Å². The predicted octanol–water partition coefficient (Wildman–Crippen LogP) is 2.15. The minimum atomic E-state index is -0.366. The number of rotatable bonds is 4. The van der Waals surface area contributed by atoms with Gasteiger partial charge in [-0.25, -0.2) is 4.39 Å². The molecule has 2 fully saturated rings. The molecule has 1 aromatic carbocycles. The number of amides is 3. The monoisotopic (exact) mass is 389 g/mol. The van der Waals surface area contributed by atoms with Crippen LogP contribution in [0.25, 0.3) is 0 Å². The van der Waals surface area contributed by atoms with Gasteiger partial charge in [0, 0.05) is 57.2 Å². The first-order chi connectivity index (χ1) is 13.5. The summed E-state index contributed by atoms with van der Waals surface area (Å²) >= 11 is 0. The second-order valence-corrected chi connectivity index (χ2v) is 7.53. The van der Waals surface area contributed by atoms with Crippen molar-refractivity contribution in [2.24, 2.45) is 5.92 Å². The molecule has 7 heteroatoms. The van der Waals surface area contributed by atoms with E-state index < -0.39 is 0 Å². The summed E-state index contributed by atoms with van der Waals surface area (Å²) in [5.74, 6) is -0.216. The van der Waals surface area contributed by atoms with Gasteiger partial charge in [-0.3, -0.25) is 14.4 Å². The third-order valence-corrected chi connectivity index (χ3v) is 5.63. The molecule has 0 atom stereocenters. The molecule has 3 rings (SSSR count). The van der Waals surface area contributed by atoms with Gasteiger partial charge in [0.15, 0.2) is 0 Å². The molecule has 152 valence electrons. The number of carbonyl (C=O) groups is 3. The quantitative estimate of drug-likeness (QED) is 0.793.